The number of amides is 5. The van der Waals surface area contributed by atoms with E-state index in [0.717, 1.165) is 0 Å². The molecule has 0 spiro atoms. The van der Waals surface area contributed by atoms with Crippen molar-refractivity contribution in [3.8, 4) is 0 Å². The molecule has 336 valence electrons. The zero-order valence-corrected chi connectivity index (χ0v) is 38.3. The average Bonchev–Trinajstić information content (AvgIpc) is 3.08. The van der Waals surface area contributed by atoms with E-state index >= 15 is 0 Å². The van der Waals surface area contributed by atoms with Gasteiger partial charge in [0, 0.05) is 52.3 Å². The third kappa shape index (κ3) is 6.00. The molecule has 0 bridgehead atoms. The molecular formula is C45H71N5O10. The summed E-state index contributed by atoms with van der Waals surface area (Å²) >= 11 is 0. The van der Waals surface area contributed by atoms with Crippen molar-refractivity contribution in [3.63, 3.8) is 0 Å². The van der Waals surface area contributed by atoms with E-state index in [0.29, 0.717) is 19.3 Å². The standard InChI is InChI=1S/C45H71N5O10/c1-37(2,3)33(53)47-29-19-25(45(29,60)48(34(54)38(4,5)6)28-17-18-42(28,47)57)24-22-44(59)31(24)50(36(56)40(10,11)12)43(58)21-23(30(43)49(44)35(55)39(7,8)9)20-41(13,14)32(52)46-26-15-16-27(26)51/h23-26,28-31,57-60H,15-22H2,1-14H3,(H,46,52)/t23?,24?,25?,26-,28?,29?,30?,31?,42+,43+,44+,45-/m0/s1. The molecule has 60 heavy (non-hydrogen) atoms. The molecule has 7 aliphatic rings. The van der Waals surface area contributed by atoms with Crippen LogP contribution < -0.4 is 5.32 Å². The van der Waals surface area contributed by atoms with Crippen LogP contribution in [-0.2, 0) is 28.8 Å². The number of hydrogen-bond acceptors (Lipinski definition) is 10. The fraction of sp³-hybridized carbons (Fsp3) is 0.867. The van der Waals surface area contributed by atoms with Crippen molar-refractivity contribution in [1.29, 1.82) is 0 Å². The Balaban J connectivity index is 1.32. The van der Waals surface area contributed by atoms with Crippen LogP contribution in [0.2, 0.25) is 0 Å². The smallest absolute Gasteiger partial charge is 0.230 e. The third-order valence-electron chi connectivity index (χ3n) is 15.3. The summed E-state index contributed by atoms with van der Waals surface area (Å²) in [4.78, 5) is 89.7. The van der Waals surface area contributed by atoms with Crippen molar-refractivity contribution in [2.75, 3.05) is 0 Å². The topological polar surface area (TPSA) is 208 Å². The highest BCUT2D eigenvalue weighted by atomic mass is 16.4. The van der Waals surface area contributed by atoms with Gasteiger partial charge in [-0.25, -0.2) is 0 Å². The Morgan fingerprint density at radius 2 is 1.08 bits per heavy atom. The zero-order chi connectivity index (χ0) is 45.3. The van der Waals surface area contributed by atoms with Gasteiger partial charge in [0.1, 0.15) is 0 Å². The van der Waals surface area contributed by atoms with Crippen LogP contribution in [0.15, 0.2) is 0 Å². The van der Waals surface area contributed by atoms with E-state index in [9.17, 15) is 49.2 Å². The molecule has 12 atom stereocenters. The summed E-state index contributed by atoms with van der Waals surface area (Å²) in [7, 11) is 0. The minimum Gasteiger partial charge on any atom is -0.369 e. The van der Waals surface area contributed by atoms with Crippen LogP contribution >= 0.6 is 0 Å². The largest absolute Gasteiger partial charge is 0.369 e. The Morgan fingerprint density at radius 1 is 0.617 bits per heavy atom. The van der Waals surface area contributed by atoms with Gasteiger partial charge in [-0.15, -0.1) is 0 Å². The van der Waals surface area contributed by atoms with Gasteiger partial charge in [0.05, 0.1) is 30.2 Å². The lowest BCUT2D eigenvalue weighted by molar-refractivity contribution is -0.411. The van der Waals surface area contributed by atoms with Crippen molar-refractivity contribution in [3.05, 3.63) is 0 Å². The number of aliphatic hydroxyl groups is 4. The maximum absolute atomic E-state index is 14.9. The molecule has 2 saturated heterocycles. The predicted molar refractivity (Wildman–Crippen MR) is 218 cm³/mol. The highest BCUT2D eigenvalue weighted by Gasteiger charge is 2.83. The minimum absolute atomic E-state index is 0.0130. The monoisotopic (exact) mass is 842 g/mol. The number of hydrogen-bond donors (Lipinski definition) is 5. The van der Waals surface area contributed by atoms with E-state index in [2.05, 4.69) is 5.32 Å². The van der Waals surface area contributed by atoms with Crippen molar-refractivity contribution >= 4 is 35.3 Å². The summed E-state index contributed by atoms with van der Waals surface area (Å²) in [6.45, 7) is 24.2. The Labute approximate surface area is 354 Å². The summed E-state index contributed by atoms with van der Waals surface area (Å²) in [5.74, 6) is -4.23. The molecule has 5 aliphatic carbocycles. The van der Waals surface area contributed by atoms with Crippen LogP contribution in [0.5, 0.6) is 0 Å². The number of carbonyl (C=O) groups is 6. The number of rotatable bonds is 5. The fourth-order valence-electron chi connectivity index (χ4n) is 11.7. The SMILES string of the molecule is CC(C)(C)C(=O)N1C2CC[C@]2(O)N(C(=O)C(C)(C)C)C2CC(C3C[C@@]4(O)C3N(C(=O)C(C)(C)C)[C@@]3(O)CC(CC(C)(C)C(=O)N[C@H]5CCC5=O)C3N4C(=O)C(C)(C)C)[C@]21O. The molecule has 5 saturated carbocycles. The number of fused-ring (bicyclic) bond motifs is 4. The van der Waals surface area contributed by atoms with Gasteiger partial charge in [0.25, 0.3) is 0 Å². The number of carbonyl (C=O) groups excluding carboxylic acids is 6. The molecule has 15 heteroatoms. The third-order valence-corrected chi connectivity index (χ3v) is 15.3. The summed E-state index contributed by atoms with van der Waals surface area (Å²) in [6.07, 6.45) is 1.71. The van der Waals surface area contributed by atoms with Crippen LogP contribution in [0.3, 0.4) is 0 Å². The Morgan fingerprint density at radius 3 is 1.52 bits per heavy atom. The summed E-state index contributed by atoms with van der Waals surface area (Å²) in [5.41, 5.74) is -12.8. The Hall–Kier alpha value is -3.14. The van der Waals surface area contributed by atoms with Gasteiger partial charge < -0.3 is 45.3 Å². The number of Topliss-reactive ketones (excluding diaryl/α,β-unsaturated/α-hetero) is 1. The first-order valence-electron chi connectivity index (χ1n) is 22.1. The van der Waals surface area contributed by atoms with E-state index in [4.69, 9.17) is 0 Å². The van der Waals surface area contributed by atoms with Gasteiger partial charge in [0.2, 0.25) is 29.5 Å². The van der Waals surface area contributed by atoms with E-state index < -0.39 is 116 Å². The van der Waals surface area contributed by atoms with Gasteiger partial charge in [-0.3, -0.25) is 28.8 Å². The van der Waals surface area contributed by atoms with Crippen molar-refractivity contribution in [2.45, 2.75) is 201 Å². The van der Waals surface area contributed by atoms with Gasteiger partial charge >= 0.3 is 0 Å². The molecule has 0 aromatic carbocycles. The molecule has 2 aliphatic heterocycles. The lowest BCUT2D eigenvalue weighted by Gasteiger charge is -2.79. The van der Waals surface area contributed by atoms with Gasteiger partial charge in [-0.05, 0) is 43.9 Å². The van der Waals surface area contributed by atoms with Gasteiger partial charge in [0.15, 0.2) is 28.7 Å². The molecule has 2 heterocycles. The average molecular weight is 842 g/mol. The number of nitrogens with zero attached hydrogens (tertiary/aromatic N) is 4. The summed E-state index contributed by atoms with van der Waals surface area (Å²) in [6, 6.07) is -4.81. The van der Waals surface area contributed by atoms with Crippen LogP contribution in [0, 0.1) is 44.8 Å². The quantitative estimate of drug-likeness (QED) is 0.274. The van der Waals surface area contributed by atoms with Gasteiger partial charge in [-0.2, -0.15) is 0 Å². The zero-order valence-electron chi connectivity index (χ0n) is 38.3. The lowest BCUT2D eigenvalue weighted by atomic mass is 9.48. The minimum atomic E-state index is -2.02. The highest BCUT2D eigenvalue weighted by Crippen LogP contribution is 2.68. The second-order valence-corrected chi connectivity index (χ2v) is 24.4. The van der Waals surface area contributed by atoms with Crippen molar-refractivity contribution in [1.82, 2.24) is 24.9 Å². The Bertz CT molecular complexity index is 1910. The van der Waals surface area contributed by atoms with Crippen molar-refractivity contribution in [2.24, 2.45) is 44.8 Å². The molecule has 0 radical (unpaired) electrons. The lowest BCUT2D eigenvalue weighted by Crippen LogP contribution is -2.95. The van der Waals surface area contributed by atoms with Crippen LogP contribution in [0.1, 0.15) is 148 Å². The van der Waals surface area contributed by atoms with Crippen LogP contribution in [-0.4, -0.2) is 128 Å². The molecule has 7 fully saturated rings. The van der Waals surface area contributed by atoms with Gasteiger partial charge in [-0.1, -0.05) is 96.9 Å². The maximum atomic E-state index is 14.9. The fourth-order valence-corrected chi connectivity index (χ4v) is 11.7. The van der Waals surface area contributed by atoms with Crippen LogP contribution in [0.4, 0.5) is 0 Å². The molecule has 0 aromatic rings. The molecular weight excluding hydrogens is 771 g/mol. The number of nitrogens with one attached hydrogen (secondary N) is 1. The molecule has 7 rings (SSSR count). The second-order valence-electron chi connectivity index (χ2n) is 24.4. The molecule has 5 N–H and O–H groups in total. The first kappa shape index (κ1) is 44.9. The van der Waals surface area contributed by atoms with E-state index in [-0.39, 0.29) is 49.7 Å². The summed E-state index contributed by atoms with van der Waals surface area (Å²) < 4.78 is 0. The first-order valence-corrected chi connectivity index (χ1v) is 22.1. The van der Waals surface area contributed by atoms with E-state index in [1.165, 1.54) is 19.6 Å². The highest BCUT2D eigenvalue weighted by molar-refractivity contribution is 5.95. The van der Waals surface area contributed by atoms with E-state index in [1.807, 2.05) is 0 Å². The second kappa shape index (κ2) is 13.0. The van der Waals surface area contributed by atoms with Crippen LogP contribution in [0.25, 0.3) is 0 Å². The normalized spacial score (nSPS) is 39.9. The summed E-state index contributed by atoms with van der Waals surface area (Å²) in [5, 5.41) is 54.7. The maximum Gasteiger partial charge on any atom is 0.230 e. The molecule has 15 nitrogen and oxygen atoms in total. The predicted octanol–water partition coefficient (Wildman–Crippen LogP) is 2.86. The first-order chi connectivity index (χ1) is 27.0. The number of ketones is 1. The van der Waals surface area contributed by atoms with E-state index in [1.54, 1.807) is 96.9 Å². The molecule has 5 amide bonds. The Kier molecular flexibility index (Phi) is 9.70. The number of piperazine rings is 2. The molecule has 7 unspecified atom stereocenters. The molecule has 0 aromatic heterocycles. The van der Waals surface area contributed by atoms with Crippen molar-refractivity contribution < 1.29 is 49.2 Å².